The molecule has 2 aliphatic heterocycles. The molecule has 32 heavy (non-hydrogen) atoms. The number of methoxy groups -OCH3 is 1. The Kier molecular flexibility index (Phi) is 4.97. The maximum atomic E-state index is 13.3. The van der Waals surface area contributed by atoms with Gasteiger partial charge in [-0.2, -0.15) is 0 Å². The number of fused-ring (bicyclic) bond motifs is 2. The summed E-state index contributed by atoms with van der Waals surface area (Å²) in [6.45, 7) is 2.59. The van der Waals surface area contributed by atoms with Crippen LogP contribution in [0.4, 0.5) is 5.69 Å². The smallest absolute Gasteiger partial charge is 0.343 e. The Morgan fingerprint density at radius 1 is 1.00 bits per heavy atom. The third kappa shape index (κ3) is 3.53. The van der Waals surface area contributed by atoms with Crippen molar-refractivity contribution >= 4 is 11.6 Å². The lowest BCUT2D eigenvalue weighted by Crippen LogP contribution is -2.35. The fourth-order valence-corrected chi connectivity index (χ4v) is 4.02. The maximum absolute atomic E-state index is 13.3. The van der Waals surface area contributed by atoms with Crippen molar-refractivity contribution in [3.8, 4) is 23.0 Å². The van der Waals surface area contributed by atoms with Gasteiger partial charge < -0.3 is 28.7 Å². The van der Waals surface area contributed by atoms with Gasteiger partial charge in [-0.3, -0.25) is 4.79 Å². The van der Waals surface area contributed by atoms with E-state index < -0.39 is 23.6 Å². The van der Waals surface area contributed by atoms with Gasteiger partial charge in [-0.25, -0.2) is 4.79 Å². The fraction of sp³-hybridized carbons (Fsp3) is 0.250. The minimum atomic E-state index is -0.962. The highest BCUT2D eigenvalue weighted by atomic mass is 16.6. The van der Waals surface area contributed by atoms with E-state index in [0.29, 0.717) is 53.2 Å². The fourth-order valence-electron chi connectivity index (χ4n) is 4.02. The van der Waals surface area contributed by atoms with E-state index in [0.717, 1.165) is 5.56 Å². The van der Waals surface area contributed by atoms with Crippen LogP contribution in [0.3, 0.4) is 0 Å². The maximum Gasteiger partial charge on any atom is 0.343 e. The number of rotatable bonds is 4. The van der Waals surface area contributed by atoms with Crippen molar-refractivity contribution in [2.75, 3.05) is 25.6 Å². The van der Waals surface area contributed by atoms with Gasteiger partial charge in [-0.05, 0) is 36.8 Å². The van der Waals surface area contributed by atoms with Gasteiger partial charge in [-0.1, -0.05) is 12.1 Å². The standard InChI is InChI=1S/C24H21NO7/c1-13-11-19-21(24(27)31-13)20(14-3-6-16(28-2)7-4-14)22(32-19)23(26)25-15-5-8-17-18(12-15)30-10-9-29-17/h3-8,11-12,20,22H,9-10H2,1-2H3,(H,25,26)/t20-,22-/m1/s1. The SMILES string of the molecule is COc1ccc([C@@H]2c3c(cc(C)oc3=O)O[C@H]2C(=O)Nc2ccc3c(c2)OCCO3)cc1. The van der Waals surface area contributed by atoms with Gasteiger partial charge in [0.25, 0.3) is 5.91 Å². The summed E-state index contributed by atoms with van der Waals surface area (Å²) in [7, 11) is 1.57. The zero-order valence-electron chi connectivity index (χ0n) is 17.5. The van der Waals surface area contributed by atoms with Crippen LogP contribution in [-0.2, 0) is 4.79 Å². The molecule has 2 aromatic carbocycles. The van der Waals surface area contributed by atoms with Crippen molar-refractivity contribution in [3.63, 3.8) is 0 Å². The molecule has 8 nitrogen and oxygen atoms in total. The summed E-state index contributed by atoms with van der Waals surface area (Å²) in [5, 5.41) is 2.87. The molecule has 0 spiro atoms. The van der Waals surface area contributed by atoms with Crippen molar-refractivity contribution in [1.82, 2.24) is 0 Å². The van der Waals surface area contributed by atoms with E-state index in [9.17, 15) is 9.59 Å². The zero-order chi connectivity index (χ0) is 22.2. The molecule has 0 fully saturated rings. The number of hydrogen-bond acceptors (Lipinski definition) is 7. The summed E-state index contributed by atoms with van der Waals surface area (Å²) < 4.78 is 27.6. The highest BCUT2D eigenvalue weighted by molar-refractivity contribution is 5.96. The van der Waals surface area contributed by atoms with Crippen LogP contribution in [0.2, 0.25) is 0 Å². The first-order chi connectivity index (χ1) is 15.5. The number of amides is 1. The lowest BCUT2D eigenvalue weighted by molar-refractivity contribution is -0.122. The van der Waals surface area contributed by atoms with Gasteiger partial charge in [0.15, 0.2) is 17.6 Å². The minimum Gasteiger partial charge on any atom is -0.497 e. The summed E-state index contributed by atoms with van der Waals surface area (Å²) in [4.78, 5) is 26.0. The molecule has 8 heteroatoms. The average Bonchev–Trinajstić information content (AvgIpc) is 3.19. The normalized spacial score (nSPS) is 18.4. The molecule has 0 radical (unpaired) electrons. The van der Waals surface area contributed by atoms with Gasteiger partial charge in [0.1, 0.15) is 30.5 Å². The Morgan fingerprint density at radius 2 is 1.75 bits per heavy atom. The van der Waals surface area contributed by atoms with Gasteiger partial charge in [0.05, 0.1) is 18.6 Å². The predicted molar refractivity (Wildman–Crippen MR) is 115 cm³/mol. The lowest BCUT2D eigenvalue weighted by Gasteiger charge is -2.21. The Labute approximate surface area is 183 Å². The van der Waals surface area contributed by atoms with Crippen LogP contribution in [0.15, 0.2) is 57.7 Å². The van der Waals surface area contributed by atoms with Crippen molar-refractivity contribution in [2.45, 2.75) is 18.9 Å². The van der Waals surface area contributed by atoms with E-state index in [2.05, 4.69) is 5.32 Å². The highest BCUT2D eigenvalue weighted by Crippen LogP contribution is 2.42. The van der Waals surface area contributed by atoms with Crippen LogP contribution in [-0.4, -0.2) is 32.3 Å². The Bertz CT molecular complexity index is 1230. The summed E-state index contributed by atoms with van der Waals surface area (Å²) in [6.07, 6.45) is -0.962. The first-order valence-corrected chi connectivity index (χ1v) is 10.2. The Hall–Kier alpha value is -3.94. The number of ether oxygens (including phenoxy) is 4. The summed E-state index contributed by atoms with van der Waals surface area (Å²) in [6, 6.07) is 14.0. The number of carbonyl (C=O) groups excluding carboxylic acids is 1. The Morgan fingerprint density at radius 3 is 2.50 bits per heavy atom. The molecule has 2 aliphatic rings. The van der Waals surface area contributed by atoms with Gasteiger partial charge >= 0.3 is 5.63 Å². The molecule has 1 amide bonds. The molecule has 3 aromatic rings. The molecule has 0 aliphatic carbocycles. The van der Waals surface area contributed by atoms with Gasteiger partial charge in [0, 0.05) is 17.8 Å². The zero-order valence-corrected chi connectivity index (χ0v) is 17.5. The van der Waals surface area contributed by atoms with E-state index >= 15 is 0 Å². The molecule has 1 N–H and O–H groups in total. The molecule has 0 saturated carbocycles. The van der Waals surface area contributed by atoms with E-state index in [4.69, 9.17) is 23.4 Å². The first kappa shape index (κ1) is 20.0. The molecule has 5 rings (SSSR count). The van der Waals surface area contributed by atoms with Crippen LogP contribution >= 0.6 is 0 Å². The minimum absolute atomic E-state index is 0.322. The van der Waals surface area contributed by atoms with E-state index in [1.54, 1.807) is 50.4 Å². The third-order valence-electron chi connectivity index (χ3n) is 5.48. The number of anilines is 1. The number of nitrogens with one attached hydrogen (secondary N) is 1. The molecule has 3 heterocycles. The van der Waals surface area contributed by atoms with Crippen LogP contribution in [0.1, 0.15) is 22.8 Å². The van der Waals surface area contributed by atoms with Crippen LogP contribution < -0.4 is 29.9 Å². The monoisotopic (exact) mass is 435 g/mol. The lowest BCUT2D eigenvalue weighted by atomic mass is 9.88. The van der Waals surface area contributed by atoms with Crippen molar-refractivity contribution in [1.29, 1.82) is 0 Å². The largest absolute Gasteiger partial charge is 0.497 e. The molecule has 164 valence electrons. The van der Waals surface area contributed by atoms with E-state index in [1.807, 2.05) is 12.1 Å². The van der Waals surface area contributed by atoms with Crippen molar-refractivity contribution in [3.05, 3.63) is 75.8 Å². The number of benzene rings is 2. The average molecular weight is 435 g/mol. The second-order valence-corrected chi connectivity index (χ2v) is 7.56. The third-order valence-corrected chi connectivity index (χ3v) is 5.48. The molecular formula is C24H21NO7. The summed E-state index contributed by atoms with van der Waals surface area (Å²) >= 11 is 0. The number of hydrogen-bond donors (Lipinski definition) is 1. The molecule has 2 atom stereocenters. The van der Waals surface area contributed by atoms with Crippen molar-refractivity contribution in [2.24, 2.45) is 0 Å². The second kappa shape index (κ2) is 7.96. The first-order valence-electron chi connectivity index (χ1n) is 10.2. The van der Waals surface area contributed by atoms with Crippen LogP contribution in [0.25, 0.3) is 0 Å². The van der Waals surface area contributed by atoms with Gasteiger partial charge in [0.2, 0.25) is 0 Å². The van der Waals surface area contributed by atoms with Gasteiger partial charge in [-0.15, -0.1) is 0 Å². The molecule has 0 unspecified atom stereocenters. The molecule has 0 bridgehead atoms. The molecule has 0 saturated heterocycles. The summed E-state index contributed by atoms with van der Waals surface area (Å²) in [5.41, 5.74) is 1.08. The number of carbonyl (C=O) groups is 1. The molecular weight excluding hydrogens is 414 g/mol. The van der Waals surface area contributed by atoms with E-state index in [1.165, 1.54) is 0 Å². The predicted octanol–water partition coefficient (Wildman–Crippen LogP) is 3.26. The quantitative estimate of drug-likeness (QED) is 0.672. The Balaban J connectivity index is 1.49. The molecule has 1 aromatic heterocycles. The summed E-state index contributed by atoms with van der Waals surface area (Å²) in [5.74, 6) is 1.59. The van der Waals surface area contributed by atoms with E-state index in [-0.39, 0.29) is 0 Å². The number of aryl methyl sites for hydroxylation is 1. The van der Waals surface area contributed by atoms with Crippen molar-refractivity contribution < 1.29 is 28.2 Å². The topological polar surface area (TPSA) is 96.2 Å². The second-order valence-electron chi connectivity index (χ2n) is 7.56. The highest BCUT2D eigenvalue weighted by Gasteiger charge is 2.43. The van der Waals surface area contributed by atoms with Crippen LogP contribution in [0.5, 0.6) is 23.0 Å². The van der Waals surface area contributed by atoms with Crippen LogP contribution in [0, 0.1) is 6.92 Å².